The third-order valence-corrected chi connectivity index (χ3v) is 5.33. The Morgan fingerprint density at radius 1 is 1.27 bits per heavy atom. The quantitative estimate of drug-likeness (QED) is 0.538. The van der Waals surface area contributed by atoms with Crippen molar-refractivity contribution in [3.63, 3.8) is 0 Å². The first-order chi connectivity index (χ1) is 13.9. The average Bonchev–Trinajstić information content (AvgIpc) is 2.85. The second-order valence-corrected chi connectivity index (χ2v) is 9.74. The summed E-state index contributed by atoms with van der Waals surface area (Å²) in [7, 11) is 1.84. The van der Waals surface area contributed by atoms with E-state index in [4.69, 9.17) is 9.57 Å². The highest BCUT2D eigenvalue weighted by atomic mass is 16.7. The fourth-order valence-electron chi connectivity index (χ4n) is 3.95. The fourth-order valence-corrected chi connectivity index (χ4v) is 3.95. The van der Waals surface area contributed by atoms with Crippen molar-refractivity contribution < 1.29 is 19.2 Å². The molecule has 0 radical (unpaired) electrons. The molecule has 0 bridgehead atoms. The van der Waals surface area contributed by atoms with Crippen LogP contribution in [0.15, 0.2) is 30.3 Å². The van der Waals surface area contributed by atoms with E-state index in [1.54, 1.807) is 5.06 Å². The first kappa shape index (κ1) is 24.4. The Morgan fingerprint density at radius 2 is 1.90 bits per heavy atom. The maximum atomic E-state index is 13.6. The van der Waals surface area contributed by atoms with Gasteiger partial charge in [0.15, 0.2) is 0 Å². The van der Waals surface area contributed by atoms with Gasteiger partial charge in [-0.2, -0.15) is 5.06 Å². The first-order valence-corrected chi connectivity index (χ1v) is 10.9. The maximum Gasteiger partial charge on any atom is 0.417 e. The Hall–Kier alpha value is -1.92. The van der Waals surface area contributed by atoms with Gasteiger partial charge in [-0.15, -0.1) is 0 Å². The molecule has 0 aromatic heterocycles. The zero-order valence-electron chi connectivity index (χ0n) is 19.6. The number of hydrogen-bond donors (Lipinski definition) is 0. The van der Waals surface area contributed by atoms with Gasteiger partial charge in [-0.1, -0.05) is 50.1 Å². The van der Waals surface area contributed by atoms with Crippen LogP contribution < -0.4 is 0 Å². The van der Waals surface area contributed by atoms with Crippen LogP contribution in [0.1, 0.15) is 66.4 Å². The van der Waals surface area contributed by atoms with Crippen LogP contribution in [0.2, 0.25) is 0 Å². The van der Waals surface area contributed by atoms with Gasteiger partial charge in [-0.25, -0.2) is 9.69 Å². The minimum absolute atomic E-state index is 0.177. The third-order valence-electron chi connectivity index (χ3n) is 5.33. The van der Waals surface area contributed by atoms with Crippen molar-refractivity contribution in [1.82, 2.24) is 9.96 Å². The van der Waals surface area contributed by atoms with Crippen LogP contribution in [-0.4, -0.2) is 52.8 Å². The Bertz CT molecular complexity index is 712. The molecule has 6 heteroatoms. The number of imide groups is 1. The van der Waals surface area contributed by atoms with E-state index in [0.717, 1.165) is 18.4 Å². The normalized spacial score (nSPS) is 19.8. The molecule has 0 saturated carbocycles. The van der Waals surface area contributed by atoms with Crippen LogP contribution >= 0.6 is 0 Å². The molecule has 2 atom stereocenters. The monoisotopic (exact) mass is 418 g/mol. The maximum absolute atomic E-state index is 13.6. The first-order valence-electron chi connectivity index (χ1n) is 10.9. The van der Waals surface area contributed by atoms with Crippen molar-refractivity contribution in [3.8, 4) is 0 Å². The summed E-state index contributed by atoms with van der Waals surface area (Å²) in [4.78, 5) is 33.6. The third kappa shape index (κ3) is 6.54. The zero-order chi connectivity index (χ0) is 22.5. The number of rotatable bonds is 9. The molecule has 1 aliphatic heterocycles. The summed E-state index contributed by atoms with van der Waals surface area (Å²) in [5.41, 5.74) is -0.0200. The highest BCUT2D eigenvalue weighted by Gasteiger charge is 2.51. The summed E-state index contributed by atoms with van der Waals surface area (Å²) < 4.78 is 5.63. The van der Waals surface area contributed by atoms with E-state index in [1.165, 1.54) is 4.90 Å². The van der Waals surface area contributed by atoms with Crippen molar-refractivity contribution in [2.75, 3.05) is 13.6 Å². The van der Waals surface area contributed by atoms with E-state index in [9.17, 15) is 9.59 Å². The summed E-state index contributed by atoms with van der Waals surface area (Å²) in [5.74, 6) is -0.513. The molecule has 168 valence electrons. The van der Waals surface area contributed by atoms with Gasteiger partial charge in [0.2, 0.25) is 5.91 Å². The number of hydrogen-bond acceptors (Lipinski definition) is 5. The highest BCUT2D eigenvalue weighted by molar-refractivity contribution is 5.95. The molecular formula is C24H38N2O4. The molecule has 0 unspecified atom stereocenters. The number of unbranched alkanes of at least 4 members (excludes halogenated alkanes) is 1. The number of cyclic esters (lactones) is 1. The van der Waals surface area contributed by atoms with Gasteiger partial charge >= 0.3 is 6.09 Å². The SMILES string of the molecule is CCCC[C@H](CN(C)OC(C)(C)C)C(=O)N1C(=O)OC(C)(C)[C@@H]1Cc1ccccc1. The fraction of sp³-hybridized carbons (Fsp3) is 0.667. The van der Waals surface area contributed by atoms with Crippen molar-refractivity contribution in [1.29, 1.82) is 0 Å². The standard InChI is InChI=1S/C24H38N2O4/c1-8-9-15-19(17-25(7)30-23(2,3)4)21(27)26-20(24(5,6)29-22(26)28)16-18-13-11-10-12-14-18/h10-14,19-20H,8-9,15-17H2,1-7H3/t19-,20+/m1/s1. The number of carbonyl (C=O) groups excluding carboxylic acids is 2. The molecule has 1 aromatic rings. The van der Waals surface area contributed by atoms with E-state index < -0.39 is 11.7 Å². The van der Waals surface area contributed by atoms with Crippen molar-refractivity contribution in [3.05, 3.63) is 35.9 Å². The van der Waals surface area contributed by atoms with Crippen molar-refractivity contribution in [2.45, 2.75) is 84.5 Å². The molecule has 1 saturated heterocycles. The second kappa shape index (κ2) is 9.92. The van der Waals surface area contributed by atoms with Gasteiger partial charge in [0, 0.05) is 13.6 Å². The molecule has 0 spiro atoms. The van der Waals surface area contributed by atoms with Crippen molar-refractivity contribution in [2.24, 2.45) is 5.92 Å². The van der Waals surface area contributed by atoms with Gasteiger partial charge in [0.25, 0.3) is 0 Å². The predicted octanol–water partition coefficient (Wildman–Crippen LogP) is 4.82. The summed E-state index contributed by atoms with van der Waals surface area (Å²) >= 11 is 0. The lowest BCUT2D eigenvalue weighted by atomic mass is 9.90. The second-order valence-electron chi connectivity index (χ2n) is 9.74. The number of hydroxylamine groups is 2. The minimum Gasteiger partial charge on any atom is -0.441 e. The topological polar surface area (TPSA) is 59.1 Å². The molecule has 2 rings (SSSR count). The smallest absolute Gasteiger partial charge is 0.417 e. The van der Waals surface area contributed by atoms with E-state index in [1.807, 2.05) is 72.0 Å². The number of amides is 2. The highest BCUT2D eigenvalue weighted by Crippen LogP contribution is 2.34. The molecule has 30 heavy (non-hydrogen) atoms. The molecule has 1 heterocycles. The minimum atomic E-state index is -0.744. The molecule has 1 aromatic carbocycles. The van der Waals surface area contributed by atoms with Crippen LogP contribution in [0.5, 0.6) is 0 Å². The van der Waals surface area contributed by atoms with Gasteiger partial charge < -0.3 is 4.74 Å². The predicted molar refractivity (Wildman–Crippen MR) is 118 cm³/mol. The molecule has 1 fully saturated rings. The summed E-state index contributed by atoms with van der Waals surface area (Å²) in [6, 6.07) is 9.57. The number of nitrogens with zero attached hydrogens (tertiary/aromatic N) is 2. The van der Waals surface area contributed by atoms with Crippen LogP contribution in [0.4, 0.5) is 4.79 Å². The Morgan fingerprint density at radius 3 is 2.47 bits per heavy atom. The van der Waals surface area contributed by atoms with Crippen LogP contribution in [0.3, 0.4) is 0 Å². The molecule has 0 aliphatic carbocycles. The Labute approximate surface area is 181 Å². The lowest BCUT2D eigenvalue weighted by Gasteiger charge is -2.32. The Balaban J connectivity index is 2.24. The van der Waals surface area contributed by atoms with Crippen molar-refractivity contribution >= 4 is 12.0 Å². The van der Waals surface area contributed by atoms with Crippen LogP contribution in [0, 0.1) is 5.92 Å². The summed E-state index contributed by atoms with van der Waals surface area (Å²) in [5, 5.41) is 1.72. The number of ether oxygens (including phenoxy) is 1. The van der Waals surface area contributed by atoms with Crippen LogP contribution in [0.25, 0.3) is 0 Å². The van der Waals surface area contributed by atoms with E-state index in [2.05, 4.69) is 6.92 Å². The summed E-state index contributed by atoms with van der Waals surface area (Å²) in [6.07, 6.45) is 2.62. The lowest BCUT2D eigenvalue weighted by Crippen LogP contribution is -2.50. The molecule has 6 nitrogen and oxygen atoms in total. The molecule has 1 aliphatic rings. The van der Waals surface area contributed by atoms with Gasteiger partial charge in [0.05, 0.1) is 17.6 Å². The largest absolute Gasteiger partial charge is 0.441 e. The molecular weight excluding hydrogens is 380 g/mol. The van der Waals surface area contributed by atoms with E-state index in [-0.39, 0.29) is 23.5 Å². The molecule has 2 amide bonds. The number of carbonyl (C=O) groups is 2. The van der Waals surface area contributed by atoms with Gasteiger partial charge in [-0.05, 0) is 53.0 Å². The van der Waals surface area contributed by atoms with Gasteiger partial charge in [0.1, 0.15) is 5.60 Å². The number of benzene rings is 1. The zero-order valence-corrected chi connectivity index (χ0v) is 19.6. The van der Waals surface area contributed by atoms with E-state index >= 15 is 0 Å². The lowest BCUT2D eigenvalue weighted by molar-refractivity contribution is -0.219. The molecule has 0 N–H and O–H groups in total. The Kier molecular flexibility index (Phi) is 8.06. The van der Waals surface area contributed by atoms with Crippen LogP contribution in [-0.2, 0) is 20.8 Å². The summed E-state index contributed by atoms with van der Waals surface area (Å²) in [6.45, 7) is 12.2. The average molecular weight is 419 g/mol. The van der Waals surface area contributed by atoms with Gasteiger partial charge in [-0.3, -0.25) is 9.63 Å². The van der Waals surface area contributed by atoms with E-state index in [0.29, 0.717) is 19.4 Å².